The highest BCUT2D eigenvalue weighted by Crippen LogP contribution is 2.36. The van der Waals surface area contributed by atoms with Crippen LogP contribution in [0.4, 0.5) is 0 Å². The van der Waals surface area contributed by atoms with E-state index in [0.29, 0.717) is 19.7 Å². The van der Waals surface area contributed by atoms with E-state index in [1.54, 1.807) is 38.4 Å². The Balaban J connectivity index is 1.78. The summed E-state index contributed by atoms with van der Waals surface area (Å²) in [5, 5.41) is 22.7. The van der Waals surface area contributed by atoms with Gasteiger partial charge >= 0.3 is 0 Å². The third-order valence-corrected chi connectivity index (χ3v) is 5.84. The smallest absolute Gasteiger partial charge is 0.245 e. The number of nitrogens with zero attached hydrogens (tertiary/aromatic N) is 2. The second kappa shape index (κ2) is 13.7. The van der Waals surface area contributed by atoms with Crippen LogP contribution in [0.15, 0.2) is 84.9 Å². The lowest BCUT2D eigenvalue weighted by Gasteiger charge is -2.17. The van der Waals surface area contributed by atoms with Gasteiger partial charge in [0.2, 0.25) is 5.91 Å². The summed E-state index contributed by atoms with van der Waals surface area (Å²) in [6.07, 6.45) is 4.13. The Morgan fingerprint density at radius 2 is 1.73 bits per heavy atom. The number of rotatable bonds is 11. The van der Waals surface area contributed by atoms with Crippen molar-refractivity contribution in [2.75, 3.05) is 33.8 Å². The van der Waals surface area contributed by atoms with Gasteiger partial charge in [0, 0.05) is 33.3 Å². The molecule has 0 radical (unpaired) electrons. The Hall–Kier alpha value is -4.34. The van der Waals surface area contributed by atoms with Gasteiger partial charge in [-0.25, -0.2) is 0 Å². The molecule has 0 aromatic heterocycles. The van der Waals surface area contributed by atoms with Crippen LogP contribution in [0.2, 0.25) is 0 Å². The summed E-state index contributed by atoms with van der Waals surface area (Å²) in [6, 6.07) is 25.3. The van der Waals surface area contributed by atoms with E-state index in [1.165, 1.54) is 4.90 Å². The second-order valence-corrected chi connectivity index (χ2v) is 8.63. The minimum absolute atomic E-state index is 0.0273. The monoisotopic (exact) mass is 495 g/mol. The molecule has 0 heterocycles. The molecular weight excluding hydrogens is 462 g/mol. The van der Waals surface area contributed by atoms with Crippen molar-refractivity contribution in [3.63, 3.8) is 0 Å². The number of allylic oxidation sites excluding steroid dienone is 1. The molecule has 3 aromatic rings. The summed E-state index contributed by atoms with van der Waals surface area (Å²) in [7, 11) is 3.44. The van der Waals surface area contributed by atoms with Gasteiger partial charge < -0.3 is 20.1 Å². The summed E-state index contributed by atoms with van der Waals surface area (Å²) in [5.74, 6) is 0.686. The van der Waals surface area contributed by atoms with Crippen molar-refractivity contribution in [3.8, 4) is 17.6 Å². The number of aromatic hydroxyl groups is 1. The quantitative estimate of drug-likeness (QED) is 0.216. The minimum atomic E-state index is -0.0406. The Morgan fingerprint density at radius 1 is 1.03 bits per heavy atom. The number of nitriles is 1. The largest absolute Gasteiger partial charge is 0.507 e. The first-order valence-electron chi connectivity index (χ1n) is 12.3. The van der Waals surface area contributed by atoms with Gasteiger partial charge in [-0.1, -0.05) is 61.5 Å². The number of phenolic OH excluding ortho intramolecular Hbond substituents is 1. The van der Waals surface area contributed by atoms with Crippen molar-refractivity contribution in [2.45, 2.75) is 13.3 Å². The van der Waals surface area contributed by atoms with Gasteiger partial charge in [-0.15, -0.1) is 0 Å². The fourth-order valence-electron chi connectivity index (χ4n) is 3.91. The molecule has 37 heavy (non-hydrogen) atoms. The molecule has 0 aliphatic heterocycles. The zero-order chi connectivity index (χ0) is 26.6. The molecule has 0 fully saturated rings. The number of ether oxygens (including phenoxy) is 1. The number of likely N-dealkylation sites (N-methyl/N-ethyl adjacent to an activating group) is 1. The zero-order valence-electron chi connectivity index (χ0n) is 21.6. The number of hydrogen-bond donors (Lipinski definition) is 2. The number of carbonyl (C=O) groups is 1. The third kappa shape index (κ3) is 7.57. The van der Waals surface area contributed by atoms with Crippen molar-refractivity contribution in [2.24, 2.45) is 0 Å². The number of hydrogen-bond acceptors (Lipinski definition) is 5. The molecule has 0 unspecified atom stereocenters. The van der Waals surface area contributed by atoms with Crippen LogP contribution in [-0.4, -0.2) is 49.7 Å². The highest BCUT2D eigenvalue weighted by molar-refractivity contribution is 5.99. The predicted molar refractivity (Wildman–Crippen MR) is 148 cm³/mol. The van der Waals surface area contributed by atoms with Crippen molar-refractivity contribution < 1.29 is 14.6 Å². The fourth-order valence-corrected chi connectivity index (χ4v) is 3.91. The Labute approximate surface area is 219 Å². The molecule has 0 saturated carbocycles. The Morgan fingerprint density at radius 3 is 2.38 bits per heavy atom. The van der Waals surface area contributed by atoms with Crippen LogP contribution >= 0.6 is 0 Å². The SMILES string of the molecule is CC/C(=C(/c1ccc(OCCNC/C=C/C(=O)N(C)C)cc1)c1ccc(O)c(C#N)c1)c1ccccc1. The van der Waals surface area contributed by atoms with Gasteiger partial charge in [-0.05, 0) is 58.5 Å². The summed E-state index contributed by atoms with van der Waals surface area (Å²) in [6.45, 7) is 3.84. The average Bonchev–Trinajstić information content (AvgIpc) is 2.92. The summed E-state index contributed by atoms with van der Waals surface area (Å²) in [5.41, 5.74) is 5.38. The van der Waals surface area contributed by atoms with Crippen LogP contribution < -0.4 is 10.1 Å². The third-order valence-electron chi connectivity index (χ3n) is 5.84. The van der Waals surface area contributed by atoms with E-state index in [0.717, 1.165) is 40.0 Å². The maximum atomic E-state index is 11.5. The zero-order valence-corrected chi connectivity index (χ0v) is 21.6. The number of amides is 1. The van der Waals surface area contributed by atoms with Crippen LogP contribution in [0, 0.1) is 11.3 Å². The highest BCUT2D eigenvalue weighted by atomic mass is 16.5. The van der Waals surface area contributed by atoms with Crippen molar-refractivity contribution in [3.05, 3.63) is 107 Å². The van der Waals surface area contributed by atoms with E-state index < -0.39 is 0 Å². The minimum Gasteiger partial charge on any atom is -0.507 e. The average molecular weight is 496 g/mol. The van der Waals surface area contributed by atoms with E-state index >= 15 is 0 Å². The maximum absolute atomic E-state index is 11.5. The molecule has 6 heteroatoms. The lowest BCUT2D eigenvalue weighted by Crippen LogP contribution is -2.22. The number of phenols is 1. The fraction of sp³-hybridized carbons (Fsp3) is 0.226. The first-order chi connectivity index (χ1) is 17.9. The lowest BCUT2D eigenvalue weighted by atomic mass is 9.87. The van der Waals surface area contributed by atoms with Crippen LogP contribution in [0.1, 0.15) is 35.6 Å². The van der Waals surface area contributed by atoms with Crippen molar-refractivity contribution in [1.82, 2.24) is 10.2 Å². The molecule has 190 valence electrons. The molecule has 0 bridgehead atoms. The first kappa shape index (κ1) is 27.3. The van der Waals surface area contributed by atoms with E-state index in [-0.39, 0.29) is 17.2 Å². The molecular formula is C31H33N3O3. The molecule has 0 aliphatic rings. The second-order valence-electron chi connectivity index (χ2n) is 8.63. The molecule has 2 N–H and O–H groups in total. The summed E-state index contributed by atoms with van der Waals surface area (Å²) in [4.78, 5) is 13.1. The first-order valence-corrected chi connectivity index (χ1v) is 12.3. The van der Waals surface area contributed by atoms with Crippen LogP contribution in [-0.2, 0) is 4.79 Å². The highest BCUT2D eigenvalue weighted by Gasteiger charge is 2.15. The van der Waals surface area contributed by atoms with Crippen molar-refractivity contribution >= 4 is 17.1 Å². The van der Waals surface area contributed by atoms with Crippen LogP contribution in [0.3, 0.4) is 0 Å². The molecule has 0 atom stereocenters. The standard InChI is InChI=1S/C31H33N3O3/c1-4-28(23-9-6-5-7-10-23)31(25-14-17-29(35)26(21-25)22-32)24-12-15-27(16-13-24)37-20-19-33-18-8-11-30(36)34(2)3/h5-17,21,33,35H,4,18-20H2,1-3H3/b11-8+,31-28+. The number of carbonyl (C=O) groups excluding carboxylic acids is 1. The van der Waals surface area contributed by atoms with Gasteiger partial charge in [-0.2, -0.15) is 5.26 Å². The van der Waals surface area contributed by atoms with Crippen molar-refractivity contribution in [1.29, 1.82) is 5.26 Å². The lowest BCUT2D eigenvalue weighted by molar-refractivity contribution is -0.123. The maximum Gasteiger partial charge on any atom is 0.245 e. The molecule has 0 aliphatic carbocycles. The summed E-state index contributed by atoms with van der Waals surface area (Å²) < 4.78 is 5.88. The van der Waals surface area contributed by atoms with E-state index in [1.807, 2.05) is 48.5 Å². The van der Waals surface area contributed by atoms with E-state index in [9.17, 15) is 15.2 Å². The van der Waals surface area contributed by atoms with Crippen LogP contribution in [0.25, 0.3) is 11.1 Å². The van der Waals surface area contributed by atoms with E-state index in [2.05, 4.69) is 30.4 Å². The molecule has 0 saturated heterocycles. The van der Waals surface area contributed by atoms with Gasteiger partial charge in [0.05, 0.1) is 5.56 Å². The van der Waals surface area contributed by atoms with Gasteiger partial charge in [0.1, 0.15) is 24.2 Å². The summed E-state index contributed by atoms with van der Waals surface area (Å²) >= 11 is 0. The number of nitrogens with one attached hydrogen (secondary N) is 1. The Kier molecular flexibility index (Phi) is 10.1. The van der Waals surface area contributed by atoms with E-state index in [4.69, 9.17) is 4.74 Å². The molecule has 3 rings (SSSR count). The van der Waals surface area contributed by atoms with Crippen LogP contribution in [0.5, 0.6) is 11.5 Å². The number of benzene rings is 3. The predicted octanol–water partition coefficient (Wildman–Crippen LogP) is 5.25. The molecule has 6 nitrogen and oxygen atoms in total. The molecule has 0 spiro atoms. The molecule has 3 aromatic carbocycles. The van der Waals surface area contributed by atoms with Gasteiger partial charge in [0.25, 0.3) is 0 Å². The van der Waals surface area contributed by atoms with Gasteiger partial charge in [-0.3, -0.25) is 4.79 Å². The van der Waals surface area contributed by atoms with Gasteiger partial charge in [0.15, 0.2) is 0 Å². The topological polar surface area (TPSA) is 85.6 Å². The molecule has 1 amide bonds. The normalized spacial score (nSPS) is 11.6. The Bertz CT molecular complexity index is 1290.